The molecule has 0 aliphatic carbocycles. The van der Waals surface area contributed by atoms with Gasteiger partial charge >= 0.3 is 17.9 Å². The van der Waals surface area contributed by atoms with Gasteiger partial charge in [0, 0.05) is 19.3 Å². The van der Waals surface area contributed by atoms with Crippen LogP contribution < -0.4 is 0 Å². The number of hydrogen-bond donors (Lipinski definition) is 0. The fourth-order valence-corrected chi connectivity index (χ4v) is 4.92. The number of carbonyl (C=O) groups excluding carboxylic acids is 3. The van der Waals surface area contributed by atoms with Crippen molar-refractivity contribution in [1.82, 2.24) is 0 Å². The Morgan fingerprint density at radius 3 is 1.24 bits per heavy atom. The van der Waals surface area contributed by atoms with Gasteiger partial charge in [0.2, 0.25) is 0 Å². The van der Waals surface area contributed by atoms with Crippen LogP contribution in [0.15, 0.2) is 24.3 Å². The van der Waals surface area contributed by atoms with Gasteiger partial charge in [0.1, 0.15) is 6.10 Å². The summed E-state index contributed by atoms with van der Waals surface area (Å²) in [7, 11) is 2.87. The number of ether oxygens (including phenoxy) is 3. The summed E-state index contributed by atoms with van der Waals surface area (Å²) in [6.45, 7) is 4.14. The quantitative estimate of drug-likeness (QED) is 0.0372. The van der Waals surface area contributed by atoms with Crippen LogP contribution in [0.3, 0.4) is 0 Å². The van der Waals surface area contributed by atoms with Crippen molar-refractivity contribution in [2.75, 3.05) is 14.2 Å². The Bertz CT molecular complexity index is 664. The predicted molar refractivity (Wildman–Crippen MR) is 173 cm³/mol. The van der Waals surface area contributed by atoms with E-state index in [0.29, 0.717) is 25.2 Å². The first-order chi connectivity index (χ1) is 20.4. The Hall–Kier alpha value is -2.11. The first-order valence-corrected chi connectivity index (χ1v) is 17.0. The molecule has 0 heterocycles. The number of allylic oxidation sites excluding steroid dienone is 4. The minimum absolute atomic E-state index is 0.0355. The molecular formula is C36H64O6. The van der Waals surface area contributed by atoms with Crippen LogP contribution in [0.4, 0.5) is 0 Å². The normalized spacial score (nSPS) is 11.7. The minimum atomic E-state index is -0.127. The zero-order chi connectivity index (χ0) is 31.1. The van der Waals surface area contributed by atoms with E-state index in [0.717, 1.165) is 64.2 Å². The molecule has 0 fully saturated rings. The molecule has 6 nitrogen and oxygen atoms in total. The smallest absolute Gasteiger partial charge is 0.306 e. The van der Waals surface area contributed by atoms with E-state index in [4.69, 9.17) is 4.74 Å². The van der Waals surface area contributed by atoms with Crippen LogP contribution in [-0.4, -0.2) is 38.2 Å². The second-order valence-electron chi connectivity index (χ2n) is 12.0. The molecule has 244 valence electrons. The van der Waals surface area contributed by atoms with Crippen molar-refractivity contribution in [3.63, 3.8) is 0 Å². The van der Waals surface area contributed by atoms with Gasteiger partial charge in [-0.05, 0) is 83.0 Å². The molecule has 0 saturated heterocycles. The number of esters is 3. The maximum Gasteiger partial charge on any atom is 0.306 e. The SMILES string of the molecule is COC(=O)CCC/C=C\CCCCCCCCC(CCCCCCCC/C=C\CCCC(=O)OC)OC(=O)CC(C)C. The molecule has 0 aromatic heterocycles. The van der Waals surface area contributed by atoms with Crippen molar-refractivity contribution in [1.29, 1.82) is 0 Å². The maximum atomic E-state index is 12.3. The Morgan fingerprint density at radius 2 is 0.857 bits per heavy atom. The topological polar surface area (TPSA) is 78.9 Å². The first kappa shape index (κ1) is 39.9. The molecule has 0 aliphatic heterocycles. The molecule has 0 amide bonds. The third-order valence-electron chi connectivity index (χ3n) is 7.46. The summed E-state index contributed by atoms with van der Waals surface area (Å²) in [5.41, 5.74) is 0. The van der Waals surface area contributed by atoms with Crippen LogP contribution in [0, 0.1) is 5.92 Å². The summed E-state index contributed by atoms with van der Waals surface area (Å²) in [6.07, 6.45) is 32.9. The van der Waals surface area contributed by atoms with E-state index in [-0.39, 0.29) is 24.0 Å². The van der Waals surface area contributed by atoms with E-state index in [1.54, 1.807) is 0 Å². The highest BCUT2D eigenvalue weighted by Gasteiger charge is 2.15. The molecule has 0 radical (unpaired) electrons. The lowest BCUT2D eigenvalue weighted by Gasteiger charge is -2.19. The third kappa shape index (κ3) is 29.4. The lowest BCUT2D eigenvalue weighted by atomic mass is 10.0. The lowest BCUT2D eigenvalue weighted by Crippen LogP contribution is -2.19. The summed E-state index contributed by atoms with van der Waals surface area (Å²) in [5, 5.41) is 0. The molecule has 42 heavy (non-hydrogen) atoms. The van der Waals surface area contributed by atoms with Crippen molar-refractivity contribution >= 4 is 17.9 Å². The van der Waals surface area contributed by atoms with E-state index in [1.807, 2.05) is 0 Å². The fourth-order valence-electron chi connectivity index (χ4n) is 4.92. The van der Waals surface area contributed by atoms with Gasteiger partial charge in [-0.2, -0.15) is 0 Å². The average molecular weight is 593 g/mol. The van der Waals surface area contributed by atoms with Crippen LogP contribution in [0.1, 0.15) is 162 Å². The highest BCUT2D eigenvalue weighted by atomic mass is 16.5. The number of hydrogen-bond acceptors (Lipinski definition) is 6. The van der Waals surface area contributed by atoms with Crippen LogP contribution in [0.25, 0.3) is 0 Å². The average Bonchev–Trinajstić information content (AvgIpc) is 2.96. The Labute approximate surface area is 258 Å². The maximum absolute atomic E-state index is 12.3. The molecular weight excluding hydrogens is 528 g/mol. The highest BCUT2D eigenvalue weighted by molar-refractivity contribution is 5.70. The van der Waals surface area contributed by atoms with Gasteiger partial charge in [0.15, 0.2) is 0 Å². The molecule has 0 spiro atoms. The standard InChI is InChI=1S/C36H64O6/c1-32(2)31-36(39)42-33(27-23-19-15-11-7-5-9-13-17-21-25-29-34(37)40-3)28-24-20-16-12-8-6-10-14-18-22-26-30-35(38)41-4/h13-14,17-18,32-33H,5-12,15-16,19-31H2,1-4H3/b17-13-,18-14-. The number of methoxy groups -OCH3 is 2. The Balaban J connectivity index is 3.91. The van der Waals surface area contributed by atoms with Crippen molar-refractivity contribution < 1.29 is 28.6 Å². The van der Waals surface area contributed by atoms with Gasteiger partial charge in [-0.3, -0.25) is 14.4 Å². The summed E-state index contributed by atoms with van der Waals surface area (Å²) >= 11 is 0. The first-order valence-electron chi connectivity index (χ1n) is 17.0. The van der Waals surface area contributed by atoms with Crippen molar-refractivity contribution in [3.8, 4) is 0 Å². The van der Waals surface area contributed by atoms with Crippen LogP contribution in [0.5, 0.6) is 0 Å². The van der Waals surface area contributed by atoms with Crippen molar-refractivity contribution in [2.45, 2.75) is 168 Å². The molecule has 6 heteroatoms. The van der Waals surface area contributed by atoms with Crippen LogP contribution in [0.2, 0.25) is 0 Å². The molecule has 0 atom stereocenters. The predicted octanol–water partition coefficient (Wildman–Crippen LogP) is 9.98. The molecule has 0 rings (SSSR count). The Kier molecular flexibility index (Phi) is 28.8. The van der Waals surface area contributed by atoms with Gasteiger partial charge in [0.05, 0.1) is 14.2 Å². The summed E-state index contributed by atoms with van der Waals surface area (Å²) < 4.78 is 15.2. The molecule has 0 saturated carbocycles. The van der Waals surface area contributed by atoms with Crippen LogP contribution >= 0.6 is 0 Å². The fraction of sp³-hybridized carbons (Fsp3) is 0.806. The summed E-state index contributed by atoms with van der Waals surface area (Å²) in [6, 6.07) is 0. The van der Waals surface area contributed by atoms with E-state index >= 15 is 0 Å². The number of rotatable bonds is 29. The summed E-state index contributed by atoms with van der Waals surface area (Å²) in [4.78, 5) is 34.5. The molecule has 0 aromatic rings. The second kappa shape index (κ2) is 30.4. The van der Waals surface area contributed by atoms with E-state index in [1.165, 1.54) is 78.4 Å². The molecule has 0 bridgehead atoms. The largest absolute Gasteiger partial charge is 0.469 e. The van der Waals surface area contributed by atoms with E-state index < -0.39 is 0 Å². The number of unbranched alkanes of at least 4 members (excludes halogenated alkanes) is 14. The monoisotopic (exact) mass is 592 g/mol. The molecule has 0 aliphatic rings. The van der Waals surface area contributed by atoms with Gasteiger partial charge in [-0.1, -0.05) is 89.5 Å². The van der Waals surface area contributed by atoms with Gasteiger partial charge < -0.3 is 14.2 Å². The van der Waals surface area contributed by atoms with Crippen LogP contribution in [-0.2, 0) is 28.6 Å². The molecule has 0 unspecified atom stereocenters. The van der Waals surface area contributed by atoms with Gasteiger partial charge in [-0.15, -0.1) is 0 Å². The minimum Gasteiger partial charge on any atom is -0.469 e. The lowest BCUT2D eigenvalue weighted by molar-refractivity contribution is -0.150. The third-order valence-corrected chi connectivity index (χ3v) is 7.46. The Morgan fingerprint density at radius 1 is 0.500 bits per heavy atom. The molecule has 0 aromatic carbocycles. The zero-order valence-corrected chi connectivity index (χ0v) is 27.7. The van der Waals surface area contributed by atoms with Crippen molar-refractivity contribution in [2.24, 2.45) is 5.92 Å². The number of carbonyl (C=O) groups is 3. The highest BCUT2D eigenvalue weighted by Crippen LogP contribution is 2.18. The zero-order valence-electron chi connectivity index (χ0n) is 27.7. The van der Waals surface area contributed by atoms with E-state index in [2.05, 4.69) is 47.6 Å². The van der Waals surface area contributed by atoms with Gasteiger partial charge in [-0.25, -0.2) is 0 Å². The van der Waals surface area contributed by atoms with Gasteiger partial charge in [0.25, 0.3) is 0 Å². The summed E-state index contributed by atoms with van der Waals surface area (Å²) in [5.74, 6) is 0.0455. The van der Waals surface area contributed by atoms with Crippen molar-refractivity contribution in [3.05, 3.63) is 24.3 Å². The second-order valence-corrected chi connectivity index (χ2v) is 12.0. The van der Waals surface area contributed by atoms with E-state index in [9.17, 15) is 14.4 Å². The molecule has 0 N–H and O–H groups in total.